The van der Waals surface area contributed by atoms with Gasteiger partial charge in [-0.25, -0.2) is 9.78 Å². The van der Waals surface area contributed by atoms with Crippen molar-refractivity contribution in [3.8, 4) is 0 Å². The first kappa shape index (κ1) is 13.5. The summed E-state index contributed by atoms with van der Waals surface area (Å²) in [6.07, 6.45) is 1.33. The van der Waals surface area contributed by atoms with Crippen molar-refractivity contribution in [1.82, 2.24) is 19.7 Å². The molecule has 0 aliphatic carbocycles. The number of nitrogens with zero attached hydrogens (tertiary/aromatic N) is 4. The highest BCUT2D eigenvalue weighted by atomic mass is 32.2. The highest BCUT2D eigenvalue weighted by Gasteiger charge is 2.13. The zero-order chi connectivity index (χ0) is 12.8. The van der Waals surface area contributed by atoms with Crippen molar-refractivity contribution in [2.45, 2.75) is 12.1 Å². The molecule has 0 fully saturated rings. The highest BCUT2D eigenvalue weighted by molar-refractivity contribution is 7.99. The van der Waals surface area contributed by atoms with Gasteiger partial charge >= 0.3 is 12.0 Å². The number of hydrogen-bond donors (Lipinski definition) is 0. The smallest absolute Gasteiger partial charge is 0.345 e. The van der Waals surface area contributed by atoms with Crippen LogP contribution in [0.2, 0.25) is 0 Å². The van der Waals surface area contributed by atoms with Gasteiger partial charge in [0.05, 0.1) is 12.9 Å². The summed E-state index contributed by atoms with van der Waals surface area (Å²) in [5.41, 5.74) is 0. The number of carbonyl (C=O) groups is 2. The third-order valence-electron chi connectivity index (χ3n) is 2.01. The summed E-state index contributed by atoms with van der Waals surface area (Å²) in [6, 6.07) is -0.259. The molecule has 1 amide bonds. The van der Waals surface area contributed by atoms with E-state index in [0.717, 1.165) is 16.4 Å². The average molecular weight is 258 g/mol. The van der Waals surface area contributed by atoms with E-state index in [2.05, 4.69) is 14.8 Å². The molecule has 1 heterocycles. The Morgan fingerprint density at radius 2 is 2.29 bits per heavy atom. The molecule has 94 valence electrons. The minimum Gasteiger partial charge on any atom is -0.468 e. The van der Waals surface area contributed by atoms with Crippen LogP contribution in [-0.2, 0) is 9.53 Å². The zero-order valence-electron chi connectivity index (χ0n) is 9.91. The maximum absolute atomic E-state index is 11.7. The van der Waals surface area contributed by atoms with E-state index in [1.54, 1.807) is 7.05 Å². The zero-order valence-corrected chi connectivity index (χ0v) is 10.7. The molecular formula is C9H14N4O3S. The number of rotatable bonds is 4. The molecule has 1 aromatic heterocycles. The molecule has 1 aromatic rings. The molecule has 0 saturated carbocycles. The Kier molecular flexibility index (Phi) is 4.95. The molecule has 0 bridgehead atoms. The number of carbonyl (C=O) groups excluding carboxylic acids is 2. The van der Waals surface area contributed by atoms with Gasteiger partial charge in [0.15, 0.2) is 0 Å². The second kappa shape index (κ2) is 6.24. The van der Waals surface area contributed by atoms with Crippen LogP contribution in [0.4, 0.5) is 4.79 Å². The third kappa shape index (κ3) is 3.74. The number of hydrogen-bond acceptors (Lipinski definition) is 6. The van der Waals surface area contributed by atoms with E-state index in [-0.39, 0.29) is 17.8 Å². The summed E-state index contributed by atoms with van der Waals surface area (Å²) < 4.78 is 5.63. The Labute approximate surface area is 103 Å². The van der Waals surface area contributed by atoms with Gasteiger partial charge in [-0.1, -0.05) is 11.8 Å². The molecule has 17 heavy (non-hydrogen) atoms. The van der Waals surface area contributed by atoms with E-state index in [0.29, 0.717) is 11.7 Å². The number of methoxy groups -OCH3 is 1. The van der Waals surface area contributed by atoms with Crippen molar-refractivity contribution in [1.29, 1.82) is 0 Å². The van der Waals surface area contributed by atoms with Gasteiger partial charge in [0.2, 0.25) is 5.16 Å². The van der Waals surface area contributed by atoms with E-state index in [1.165, 1.54) is 18.3 Å². The largest absolute Gasteiger partial charge is 0.468 e. The molecule has 0 spiro atoms. The molecule has 0 saturated heterocycles. The van der Waals surface area contributed by atoms with E-state index < -0.39 is 0 Å². The first-order valence-corrected chi connectivity index (χ1v) is 5.93. The third-order valence-corrected chi connectivity index (χ3v) is 2.84. The maximum Gasteiger partial charge on any atom is 0.345 e. The topological polar surface area (TPSA) is 77.3 Å². The van der Waals surface area contributed by atoms with Gasteiger partial charge in [0, 0.05) is 13.6 Å². The van der Waals surface area contributed by atoms with Crippen LogP contribution in [0.3, 0.4) is 0 Å². The predicted octanol–water partition coefficient (Wildman–Crippen LogP) is 0.463. The lowest BCUT2D eigenvalue weighted by Gasteiger charge is -2.12. The lowest BCUT2D eigenvalue weighted by molar-refractivity contribution is -0.137. The number of esters is 1. The lowest BCUT2D eigenvalue weighted by atomic mass is 10.6. The van der Waals surface area contributed by atoms with Crippen LogP contribution >= 0.6 is 11.8 Å². The summed E-state index contributed by atoms with van der Waals surface area (Å²) in [6.45, 7) is 2.45. The molecule has 0 atom stereocenters. The van der Waals surface area contributed by atoms with E-state index in [9.17, 15) is 9.59 Å². The summed E-state index contributed by atoms with van der Waals surface area (Å²) in [4.78, 5) is 28.0. The summed E-state index contributed by atoms with van der Waals surface area (Å²) >= 11 is 1.12. The van der Waals surface area contributed by atoms with Gasteiger partial charge in [-0.15, -0.1) is 5.10 Å². The molecule has 0 radical (unpaired) electrons. The molecule has 1 rings (SSSR count). The van der Waals surface area contributed by atoms with Crippen LogP contribution in [-0.4, -0.2) is 58.1 Å². The number of ether oxygens (including phenoxy) is 1. The Hall–Kier alpha value is -1.57. The Morgan fingerprint density at radius 3 is 2.88 bits per heavy atom. The molecule has 0 aliphatic rings. The second-order valence-corrected chi connectivity index (χ2v) is 4.08. The van der Waals surface area contributed by atoms with Gasteiger partial charge in [0.1, 0.15) is 6.33 Å². The van der Waals surface area contributed by atoms with Gasteiger partial charge in [0.25, 0.3) is 0 Å². The normalized spacial score (nSPS) is 10.1. The Balaban J connectivity index is 2.59. The van der Waals surface area contributed by atoms with Crippen molar-refractivity contribution in [3.63, 3.8) is 0 Å². The van der Waals surface area contributed by atoms with Crippen molar-refractivity contribution in [2.24, 2.45) is 0 Å². The molecule has 0 N–H and O–H groups in total. The first-order chi connectivity index (χ1) is 8.08. The standard InChI is InChI=1S/C9H14N4O3S/c1-4-12(2)9(15)13-6-10-8(11-13)17-5-7(14)16-3/h6H,4-5H2,1-3H3. The quantitative estimate of drug-likeness (QED) is 0.577. The van der Waals surface area contributed by atoms with Gasteiger partial charge in [-0.2, -0.15) is 4.68 Å². The Bertz CT molecular complexity index is 407. The summed E-state index contributed by atoms with van der Waals surface area (Å²) in [5, 5.41) is 4.32. The molecule has 8 heteroatoms. The van der Waals surface area contributed by atoms with Crippen molar-refractivity contribution < 1.29 is 14.3 Å². The fourth-order valence-electron chi connectivity index (χ4n) is 0.899. The monoisotopic (exact) mass is 258 g/mol. The maximum atomic E-state index is 11.7. The van der Waals surface area contributed by atoms with Crippen molar-refractivity contribution in [3.05, 3.63) is 6.33 Å². The number of aromatic nitrogens is 3. The van der Waals surface area contributed by atoms with E-state index in [4.69, 9.17) is 0 Å². The van der Waals surface area contributed by atoms with Crippen molar-refractivity contribution >= 4 is 23.8 Å². The lowest BCUT2D eigenvalue weighted by Crippen LogP contribution is -2.31. The molecule has 7 nitrogen and oxygen atoms in total. The average Bonchev–Trinajstić information content (AvgIpc) is 2.82. The van der Waals surface area contributed by atoms with Crippen LogP contribution in [0.15, 0.2) is 11.5 Å². The summed E-state index contributed by atoms with van der Waals surface area (Å²) in [5.74, 6) is -0.235. The molecule has 0 aromatic carbocycles. The second-order valence-electron chi connectivity index (χ2n) is 3.13. The van der Waals surface area contributed by atoms with Crippen LogP contribution in [0.1, 0.15) is 6.92 Å². The van der Waals surface area contributed by atoms with E-state index >= 15 is 0 Å². The SMILES string of the molecule is CCN(C)C(=O)n1cnc(SCC(=O)OC)n1. The van der Waals surface area contributed by atoms with Crippen LogP contribution in [0, 0.1) is 0 Å². The Morgan fingerprint density at radius 1 is 1.59 bits per heavy atom. The molecule has 0 unspecified atom stereocenters. The van der Waals surface area contributed by atoms with Gasteiger partial charge in [-0.05, 0) is 6.92 Å². The fraction of sp³-hybridized carbons (Fsp3) is 0.556. The van der Waals surface area contributed by atoms with Crippen LogP contribution < -0.4 is 0 Å². The number of thioether (sulfide) groups is 1. The first-order valence-electron chi connectivity index (χ1n) is 4.95. The molecular weight excluding hydrogens is 244 g/mol. The van der Waals surface area contributed by atoms with Gasteiger partial charge < -0.3 is 9.64 Å². The highest BCUT2D eigenvalue weighted by Crippen LogP contribution is 2.11. The van der Waals surface area contributed by atoms with Crippen LogP contribution in [0.5, 0.6) is 0 Å². The minimum absolute atomic E-state index is 0.123. The molecule has 0 aliphatic heterocycles. The minimum atomic E-state index is -0.358. The van der Waals surface area contributed by atoms with Crippen LogP contribution in [0.25, 0.3) is 0 Å². The van der Waals surface area contributed by atoms with E-state index in [1.807, 2.05) is 6.92 Å². The van der Waals surface area contributed by atoms with Crippen molar-refractivity contribution in [2.75, 3.05) is 26.5 Å². The number of amides is 1. The van der Waals surface area contributed by atoms with Gasteiger partial charge in [-0.3, -0.25) is 4.79 Å². The predicted molar refractivity (Wildman–Crippen MR) is 61.9 cm³/mol. The fourth-order valence-corrected chi connectivity index (χ4v) is 1.53. The summed E-state index contributed by atoms with van der Waals surface area (Å²) in [7, 11) is 2.99.